The van der Waals surface area contributed by atoms with Crippen LogP contribution in [0.25, 0.3) is 0 Å². The first-order valence-electron chi connectivity index (χ1n) is 6.39. The van der Waals surface area contributed by atoms with Crippen molar-refractivity contribution in [3.05, 3.63) is 11.8 Å². The summed E-state index contributed by atoms with van der Waals surface area (Å²) in [5, 5.41) is 4.02. The molecule has 0 aliphatic carbocycles. The van der Waals surface area contributed by atoms with Crippen molar-refractivity contribution in [2.75, 3.05) is 18.8 Å². The summed E-state index contributed by atoms with van der Waals surface area (Å²) in [7, 11) is 1.74. The normalized spacial score (nSPS) is 11.3. The van der Waals surface area contributed by atoms with Crippen molar-refractivity contribution in [3.63, 3.8) is 0 Å². The van der Waals surface area contributed by atoms with Crippen molar-refractivity contribution >= 4 is 11.7 Å². The second kappa shape index (κ2) is 5.89. The Bertz CT molecular complexity index is 399. The Morgan fingerprint density at radius 2 is 1.83 bits per heavy atom. The van der Waals surface area contributed by atoms with Crippen molar-refractivity contribution in [2.24, 2.45) is 18.9 Å². The van der Waals surface area contributed by atoms with E-state index in [9.17, 15) is 4.79 Å². The number of hydrogen-bond donors (Lipinski definition) is 1. The summed E-state index contributed by atoms with van der Waals surface area (Å²) < 4.78 is 1.52. The highest BCUT2D eigenvalue weighted by atomic mass is 16.2. The van der Waals surface area contributed by atoms with Gasteiger partial charge in [-0.05, 0) is 11.8 Å². The number of carbonyl (C=O) groups is 1. The van der Waals surface area contributed by atoms with E-state index in [0.717, 1.165) is 13.1 Å². The van der Waals surface area contributed by atoms with E-state index in [1.54, 1.807) is 13.2 Å². The Labute approximate surface area is 109 Å². The van der Waals surface area contributed by atoms with Crippen LogP contribution in [0.1, 0.15) is 38.1 Å². The van der Waals surface area contributed by atoms with Crippen molar-refractivity contribution < 1.29 is 4.79 Å². The van der Waals surface area contributed by atoms with Gasteiger partial charge in [0.15, 0.2) is 0 Å². The van der Waals surface area contributed by atoms with Crippen molar-refractivity contribution in [3.8, 4) is 0 Å². The first-order valence-corrected chi connectivity index (χ1v) is 6.39. The Hall–Kier alpha value is -1.52. The number of aryl methyl sites for hydroxylation is 1. The van der Waals surface area contributed by atoms with E-state index in [-0.39, 0.29) is 5.91 Å². The van der Waals surface area contributed by atoms with E-state index < -0.39 is 0 Å². The summed E-state index contributed by atoms with van der Waals surface area (Å²) in [6, 6.07) is 0. The number of hydrogen-bond acceptors (Lipinski definition) is 3. The predicted molar refractivity (Wildman–Crippen MR) is 73.2 cm³/mol. The van der Waals surface area contributed by atoms with Crippen molar-refractivity contribution in [2.45, 2.75) is 27.7 Å². The average molecular weight is 252 g/mol. The summed E-state index contributed by atoms with van der Waals surface area (Å²) in [5.41, 5.74) is 6.35. The summed E-state index contributed by atoms with van der Waals surface area (Å²) in [4.78, 5) is 14.3. The van der Waals surface area contributed by atoms with Crippen LogP contribution in [0.3, 0.4) is 0 Å². The zero-order valence-corrected chi connectivity index (χ0v) is 12.0. The van der Waals surface area contributed by atoms with Crippen LogP contribution in [0, 0.1) is 11.8 Å². The molecule has 0 aromatic carbocycles. The first kappa shape index (κ1) is 14.5. The van der Waals surface area contributed by atoms with Gasteiger partial charge < -0.3 is 10.6 Å². The number of nitrogens with two attached hydrogens (primary N) is 1. The van der Waals surface area contributed by atoms with Gasteiger partial charge in [0.1, 0.15) is 11.4 Å². The van der Waals surface area contributed by atoms with Crippen LogP contribution < -0.4 is 5.73 Å². The molecule has 0 saturated heterocycles. The van der Waals surface area contributed by atoms with Gasteiger partial charge in [0, 0.05) is 20.1 Å². The monoisotopic (exact) mass is 252 g/mol. The summed E-state index contributed by atoms with van der Waals surface area (Å²) in [6.07, 6.45) is 1.55. The molecule has 18 heavy (non-hydrogen) atoms. The molecule has 1 amide bonds. The number of nitrogen functional groups attached to an aromatic ring is 1. The van der Waals surface area contributed by atoms with E-state index >= 15 is 0 Å². The number of rotatable bonds is 5. The predicted octanol–water partition coefficient (Wildman–Crippen LogP) is 1.76. The SMILES string of the molecule is CC(C)CN(CC(C)C)C(=O)c1cnn(C)c1N. The molecule has 0 spiro atoms. The number of amides is 1. The fourth-order valence-corrected chi connectivity index (χ4v) is 1.90. The zero-order chi connectivity index (χ0) is 13.9. The number of anilines is 1. The molecule has 0 saturated carbocycles. The molecule has 5 heteroatoms. The Kier molecular flexibility index (Phi) is 4.76. The van der Waals surface area contributed by atoms with Gasteiger partial charge in [0.2, 0.25) is 0 Å². The average Bonchev–Trinajstić information content (AvgIpc) is 2.56. The zero-order valence-electron chi connectivity index (χ0n) is 12.0. The quantitative estimate of drug-likeness (QED) is 0.868. The van der Waals surface area contributed by atoms with Crippen LogP contribution in [0.2, 0.25) is 0 Å². The van der Waals surface area contributed by atoms with E-state index in [1.165, 1.54) is 4.68 Å². The Balaban J connectivity index is 2.91. The molecule has 0 aliphatic heterocycles. The molecule has 2 N–H and O–H groups in total. The molecule has 5 nitrogen and oxygen atoms in total. The molecule has 0 aliphatic rings. The van der Waals surface area contributed by atoms with E-state index in [2.05, 4.69) is 32.8 Å². The largest absolute Gasteiger partial charge is 0.383 e. The minimum absolute atomic E-state index is 0.0250. The Morgan fingerprint density at radius 3 is 2.17 bits per heavy atom. The molecule has 1 heterocycles. The van der Waals surface area contributed by atoms with E-state index in [4.69, 9.17) is 5.73 Å². The second-order valence-corrected chi connectivity index (χ2v) is 5.56. The van der Waals surface area contributed by atoms with Crippen LogP contribution in [0.4, 0.5) is 5.82 Å². The lowest BCUT2D eigenvalue weighted by molar-refractivity contribution is 0.0716. The molecule has 0 unspecified atom stereocenters. The fourth-order valence-electron chi connectivity index (χ4n) is 1.90. The maximum atomic E-state index is 12.4. The maximum Gasteiger partial charge on any atom is 0.259 e. The van der Waals surface area contributed by atoms with Gasteiger partial charge in [0.05, 0.1) is 6.20 Å². The van der Waals surface area contributed by atoms with Crippen molar-refractivity contribution in [1.82, 2.24) is 14.7 Å². The molecule has 0 radical (unpaired) electrons. The van der Waals surface area contributed by atoms with Crippen LogP contribution >= 0.6 is 0 Å². The lowest BCUT2D eigenvalue weighted by Crippen LogP contribution is -2.37. The minimum Gasteiger partial charge on any atom is -0.383 e. The fraction of sp³-hybridized carbons (Fsp3) is 0.692. The van der Waals surface area contributed by atoms with Crippen LogP contribution in [-0.4, -0.2) is 33.7 Å². The lowest BCUT2D eigenvalue weighted by Gasteiger charge is -2.26. The Morgan fingerprint density at radius 1 is 1.33 bits per heavy atom. The van der Waals surface area contributed by atoms with Gasteiger partial charge in [0.25, 0.3) is 5.91 Å². The molecule has 1 aromatic heterocycles. The third-order valence-corrected chi connectivity index (χ3v) is 2.67. The minimum atomic E-state index is -0.0250. The molecule has 0 fully saturated rings. The van der Waals surface area contributed by atoms with Crippen LogP contribution in [0.15, 0.2) is 6.20 Å². The van der Waals surface area contributed by atoms with Crippen LogP contribution in [-0.2, 0) is 7.05 Å². The molecule has 0 bridgehead atoms. The van der Waals surface area contributed by atoms with Gasteiger partial charge in [-0.25, -0.2) is 0 Å². The molecule has 102 valence electrons. The highest BCUT2D eigenvalue weighted by molar-refractivity contribution is 5.98. The summed E-state index contributed by atoms with van der Waals surface area (Å²) >= 11 is 0. The summed E-state index contributed by atoms with van der Waals surface area (Å²) in [5.74, 6) is 1.27. The lowest BCUT2D eigenvalue weighted by atomic mass is 10.1. The topological polar surface area (TPSA) is 64.2 Å². The van der Waals surface area contributed by atoms with Crippen LogP contribution in [0.5, 0.6) is 0 Å². The van der Waals surface area contributed by atoms with Gasteiger partial charge in [-0.2, -0.15) is 5.10 Å². The molecule has 1 aromatic rings. The third kappa shape index (κ3) is 3.48. The maximum absolute atomic E-state index is 12.4. The highest BCUT2D eigenvalue weighted by Gasteiger charge is 2.21. The van der Waals surface area contributed by atoms with E-state index in [1.807, 2.05) is 4.90 Å². The smallest absolute Gasteiger partial charge is 0.259 e. The van der Waals surface area contributed by atoms with Gasteiger partial charge in [-0.1, -0.05) is 27.7 Å². The third-order valence-electron chi connectivity index (χ3n) is 2.67. The molecular weight excluding hydrogens is 228 g/mol. The standard InChI is InChI=1S/C13H24N4O/c1-9(2)7-17(8-10(3)4)13(18)11-6-15-16(5)12(11)14/h6,9-10H,7-8,14H2,1-5H3. The molecular formula is C13H24N4O. The van der Waals surface area contributed by atoms with E-state index in [0.29, 0.717) is 23.2 Å². The second-order valence-electron chi connectivity index (χ2n) is 5.56. The summed E-state index contributed by atoms with van der Waals surface area (Å²) in [6.45, 7) is 9.90. The van der Waals surface area contributed by atoms with Gasteiger partial charge >= 0.3 is 0 Å². The van der Waals surface area contributed by atoms with Gasteiger partial charge in [-0.3, -0.25) is 9.48 Å². The van der Waals surface area contributed by atoms with Gasteiger partial charge in [-0.15, -0.1) is 0 Å². The van der Waals surface area contributed by atoms with Crippen molar-refractivity contribution in [1.29, 1.82) is 0 Å². The highest BCUT2D eigenvalue weighted by Crippen LogP contribution is 2.15. The number of nitrogens with zero attached hydrogens (tertiary/aromatic N) is 3. The number of carbonyl (C=O) groups excluding carboxylic acids is 1. The molecule has 1 rings (SSSR count). The number of aromatic nitrogens is 2. The first-order chi connectivity index (χ1) is 8.32. The molecule has 0 atom stereocenters.